The van der Waals surface area contributed by atoms with Crippen LogP contribution in [-0.4, -0.2) is 27.7 Å². The van der Waals surface area contributed by atoms with E-state index in [0.29, 0.717) is 0 Å². The molecule has 0 aromatic heterocycles. The Balaban J connectivity index is 3.39. The fourth-order valence-corrected chi connectivity index (χ4v) is 1.18. The number of rotatable bonds is 3. The fraction of sp³-hybridized carbons (Fsp3) is 0. The minimum absolute atomic E-state index is 0.0392. The van der Waals surface area contributed by atoms with Crippen LogP contribution >= 0.6 is 9.24 Å². The summed E-state index contributed by atoms with van der Waals surface area (Å²) in [5.41, 5.74) is -0.862. The normalized spacial score (nSPS) is 9.67. The van der Waals surface area contributed by atoms with Crippen LogP contribution in [0.2, 0.25) is 0 Å². The van der Waals surface area contributed by atoms with Gasteiger partial charge in [-0.3, -0.25) is 4.79 Å². The molecular weight excluding hydrogens is 219 g/mol. The molecule has 0 spiro atoms. The van der Waals surface area contributed by atoms with Crippen molar-refractivity contribution in [3.8, 4) is 0 Å². The lowest BCUT2D eigenvalue weighted by Gasteiger charge is -2.01. The Hall–Kier alpha value is -1.74. The Kier molecular flexibility index (Phi) is 3.17. The molecule has 78 valence electrons. The molecule has 1 aromatic rings. The third-order valence-electron chi connectivity index (χ3n) is 1.71. The van der Waals surface area contributed by atoms with E-state index in [2.05, 4.69) is 0 Å². The minimum Gasteiger partial charge on any atom is -0.478 e. The van der Waals surface area contributed by atoms with Gasteiger partial charge in [0.2, 0.25) is 0 Å². The van der Waals surface area contributed by atoms with Crippen molar-refractivity contribution in [3.05, 3.63) is 34.9 Å². The Morgan fingerprint density at radius 1 is 0.867 bits per heavy atom. The van der Waals surface area contributed by atoms with Crippen LogP contribution in [0.3, 0.4) is 0 Å². The van der Waals surface area contributed by atoms with Crippen LogP contribution in [0, 0.1) is 0 Å². The number of hydrogen-bond donors (Lipinski definition) is 2. The topological polar surface area (TPSA) is 91.7 Å². The zero-order valence-corrected chi connectivity index (χ0v) is 8.58. The lowest BCUT2D eigenvalue weighted by molar-refractivity contribution is 0.0696. The molecule has 15 heavy (non-hydrogen) atoms. The summed E-state index contributed by atoms with van der Waals surface area (Å²) in [5, 5.41) is 17.4. The van der Waals surface area contributed by atoms with Gasteiger partial charge >= 0.3 is 11.9 Å². The number of carbonyl (C=O) groups excluding carboxylic acids is 1. The van der Waals surface area contributed by atoms with Crippen LogP contribution in [0.25, 0.3) is 0 Å². The summed E-state index contributed by atoms with van der Waals surface area (Å²) in [6.07, 6.45) is 0. The molecule has 0 bridgehead atoms. The average Bonchev–Trinajstić information content (AvgIpc) is 2.16. The van der Waals surface area contributed by atoms with Gasteiger partial charge in [-0.1, -0.05) is 9.24 Å². The van der Waals surface area contributed by atoms with Gasteiger partial charge in [0.15, 0.2) is 5.52 Å². The van der Waals surface area contributed by atoms with Crippen molar-refractivity contribution in [2.75, 3.05) is 0 Å². The first-order valence-corrected chi connectivity index (χ1v) is 4.41. The molecule has 0 aliphatic rings. The van der Waals surface area contributed by atoms with E-state index in [4.69, 9.17) is 10.2 Å². The fourth-order valence-electron chi connectivity index (χ4n) is 1.02. The number of benzene rings is 1. The van der Waals surface area contributed by atoms with E-state index in [1.165, 1.54) is 0 Å². The number of aromatic carboxylic acids is 2. The molecule has 0 aliphatic heterocycles. The quantitative estimate of drug-likeness (QED) is 0.753. The molecule has 0 amide bonds. The van der Waals surface area contributed by atoms with Crippen molar-refractivity contribution in [1.29, 1.82) is 0 Å². The van der Waals surface area contributed by atoms with Crippen LogP contribution in [0.15, 0.2) is 18.2 Å². The van der Waals surface area contributed by atoms with Gasteiger partial charge in [-0.05, 0) is 18.2 Å². The number of carboxylic acid groups (broad SMARTS) is 2. The first kappa shape index (κ1) is 11.3. The highest BCUT2D eigenvalue weighted by Crippen LogP contribution is 2.13. The zero-order chi connectivity index (χ0) is 11.6. The standard InChI is InChI=1S/C9H7O5P/c10-7(11)4-1-5(8(12)13)3-6(2-4)9(14)15/h1-3H,15H2,(H,10,11)(H,12,13). The Bertz CT molecular complexity index is 373. The summed E-state index contributed by atoms with van der Waals surface area (Å²) in [6, 6.07) is 3.26. The largest absolute Gasteiger partial charge is 0.478 e. The summed E-state index contributed by atoms with van der Waals surface area (Å²) in [5.74, 6) is -2.55. The van der Waals surface area contributed by atoms with Gasteiger partial charge in [0.05, 0.1) is 11.1 Å². The summed E-state index contributed by atoms with van der Waals surface area (Å²) in [7, 11) is 1.86. The van der Waals surface area contributed by atoms with Crippen molar-refractivity contribution in [1.82, 2.24) is 0 Å². The maximum absolute atomic E-state index is 11.0. The monoisotopic (exact) mass is 226 g/mol. The molecule has 5 nitrogen and oxygen atoms in total. The molecule has 6 heteroatoms. The van der Waals surface area contributed by atoms with Crippen molar-refractivity contribution < 1.29 is 24.6 Å². The second-order valence-electron chi connectivity index (χ2n) is 2.77. The van der Waals surface area contributed by atoms with Gasteiger partial charge in [-0.2, -0.15) is 0 Å². The summed E-state index contributed by atoms with van der Waals surface area (Å²) in [6.45, 7) is 0. The van der Waals surface area contributed by atoms with Gasteiger partial charge in [-0.15, -0.1) is 0 Å². The van der Waals surface area contributed by atoms with Crippen LogP contribution < -0.4 is 0 Å². The van der Waals surface area contributed by atoms with Crippen molar-refractivity contribution >= 4 is 26.7 Å². The number of carboxylic acids is 2. The Morgan fingerprint density at radius 3 is 1.47 bits per heavy atom. The summed E-state index contributed by atoms with van der Waals surface area (Å²) >= 11 is 0. The molecule has 1 aromatic carbocycles. The molecule has 0 saturated heterocycles. The maximum atomic E-state index is 11.0. The molecular formula is C9H7O5P. The molecule has 0 heterocycles. The lowest BCUT2D eigenvalue weighted by Crippen LogP contribution is -2.05. The summed E-state index contributed by atoms with van der Waals surface area (Å²) < 4.78 is 0. The van der Waals surface area contributed by atoms with Gasteiger partial charge < -0.3 is 10.2 Å². The average molecular weight is 226 g/mol. The minimum atomic E-state index is -1.27. The predicted octanol–water partition coefficient (Wildman–Crippen LogP) is 1.10. The highest BCUT2D eigenvalue weighted by Gasteiger charge is 2.12. The highest BCUT2D eigenvalue weighted by atomic mass is 31.0. The second-order valence-corrected chi connectivity index (χ2v) is 3.30. The van der Waals surface area contributed by atoms with E-state index in [0.717, 1.165) is 18.2 Å². The van der Waals surface area contributed by atoms with E-state index < -0.39 is 17.5 Å². The summed E-state index contributed by atoms with van der Waals surface area (Å²) in [4.78, 5) is 32.3. The predicted molar refractivity (Wildman–Crippen MR) is 54.4 cm³/mol. The zero-order valence-electron chi connectivity index (χ0n) is 7.43. The number of hydrogen-bond acceptors (Lipinski definition) is 3. The molecule has 0 radical (unpaired) electrons. The van der Waals surface area contributed by atoms with Crippen molar-refractivity contribution in [2.24, 2.45) is 0 Å². The lowest BCUT2D eigenvalue weighted by atomic mass is 10.1. The van der Waals surface area contributed by atoms with Gasteiger partial charge in [0.1, 0.15) is 0 Å². The smallest absolute Gasteiger partial charge is 0.335 e. The second kappa shape index (κ2) is 4.19. The van der Waals surface area contributed by atoms with E-state index in [1.54, 1.807) is 0 Å². The first-order chi connectivity index (χ1) is 6.91. The highest BCUT2D eigenvalue weighted by molar-refractivity contribution is 7.41. The van der Waals surface area contributed by atoms with Crippen molar-refractivity contribution in [2.45, 2.75) is 0 Å². The van der Waals surface area contributed by atoms with E-state index in [9.17, 15) is 14.4 Å². The molecule has 2 N–H and O–H groups in total. The van der Waals surface area contributed by atoms with Crippen LogP contribution in [0.4, 0.5) is 0 Å². The third kappa shape index (κ3) is 2.60. The molecule has 1 rings (SSSR count). The Labute approximate surface area is 86.9 Å². The van der Waals surface area contributed by atoms with Gasteiger partial charge in [-0.25, -0.2) is 9.59 Å². The van der Waals surface area contributed by atoms with Crippen LogP contribution in [0.1, 0.15) is 31.1 Å². The van der Waals surface area contributed by atoms with Crippen molar-refractivity contribution in [3.63, 3.8) is 0 Å². The van der Waals surface area contributed by atoms with Gasteiger partial charge in [0, 0.05) is 5.56 Å². The molecule has 0 aliphatic carbocycles. The number of carbonyl (C=O) groups is 3. The SMILES string of the molecule is O=C(O)c1cc(C(=O)O)cc(C(=O)P)c1. The molecule has 0 saturated carbocycles. The Morgan fingerprint density at radius 2 is 1.20 bits per heavy atom. The van der Waals surface area contributed by atoms with E-state index in [1.807, 2.05) is 9.24 Å². The van der Waals surface area contributed by atoms with Crippen LogP contribution in [-0.2, 0) is 0 Å². The third-order valence-corrected chi connectivity index (χ3v) is 2.04. The molecule has 0 fully saturated rings. The maximum Gasteiger partial charge on any atom is 0.335 e. The first-order valence-electron chi connectivity index (χ1n) is 3.83. The molecule has 1 atom stereocenters. The van der Waals surface area contributed by atoms with Crippen LogP contribution in [0.5, 0.6) is 0 Å². The molecule has 1 unspecified atom stereocenters. The van der Waals surface area contributed by atoms with E-state index >= 15 is 0 Å². The van der Waals surface area contributed by atoms with E-state index in [-0.39, 0.29) is 16.7 Å². The van der Waals surface area contributed by atoms with Gasteiger partial charge in [0.25, 0.3) is 0 Å².